The van der Waals surface area contributed by atoms with Crippen molar-refractivity contribution < 1.29 is 9.90 Å². The first-order valence-electron chi connectivity index (χ1n) is 7.21. The van der Waals surface area contributed by atoms with Gasteiger partial charge in [0.05, 0.1) is 18.5 Å². The van der Waals surface area contributed by atoms with Gasteiger partial charge in [-0.2, -0.15) is 5.10 Å². The number of rotatable bonds is 8. The van der Waals surface area contributed by atoms with Gasteiger partial charge in [0.1, 0.15) is 6.54 Å². The molecule has 0 aromatic carbocycles. The fourth-order valence-corrected chi connectivity index (χ4v) is 1.80. The zero-order valence-corrected chi connectivity index (χ0v) is 12.2. The van der Waals surface area contributed by atoms with Gasteiger partial charge >= 0.3 is 0 Å². The Morgan fingerprint density at radius 2 is 2.35 bits per heavy atom. The molecule has 0 saturated heterocycles. The number of nitrogens with zero attached hydrogens (tertiary/aromatic N) is 2. The summed E-state index contributed by atoms with van der Waals surface area (Å²) >= 11 is 0. The van der Waals surface area contributed by atoms with Crippen LogP contribution in [0.3, 0.4) is 0 Å². The van der Waals surface area contributed by atoms with E-state index in [9.17, 15) is 9.90 Å². The highest BCUT2D eigenvalue weighted by Gasteiger charge is 2.23. The number of nitrogens with one attached hydrogen (secondary N) is 2. The summed E-state index contributed by atoms with van der Waals surface area (Å²) in [4.78, 5) is 11.7. The lowest BCUT2D eigenvalue weighted by Crippen LogP contribution is -2.30. The quantitative estimate of drug-likeness (QED) is 0.663. The second-order valence-electron chi connectivity index (χ2n) is 5.94. The molecule has 0 bridgehead atoms. The normalized spacial score (nSPS) is 17.6. The van der Waals surface area contributed by atoms with E-state index < -0.39 is 0 Å². The SMILES string of the molecule is CCC(C)(CO)CNc1cnn(CC(=O)NC2CC2)c1. The van der Waals surface area contributed by atoms with Crippen molar-refractivity contribution in [3.63, 3.8) is 0 Å². The minimum Gasteiger partial charge on any atom is -0.396 e. The molecule has 6 nitrogen and oxygen atoms in total. The number of carbonyl (C=O) groups excluding carboxylic acids is 1. The number of hydrogen-bond donors (Lipinski definition) is 3. The lowest BCUT2D eigenvalue weighted by atomic mass is 9.89. The molecular formula is C14H24N4O2. The van der Waals surface area contributed by atoms with E-state index in [0.29, 0.717) is 12.6 Å². The van der Waals surface area contributed by atoms with Crippen molar-refractivity contribution in [2.24, 2.45) is 5.41 Å². The molecule has 2 rings (SSSR count). The lowest BCUT2D eigenvalue weighted by molar-refractivity contribution is -0.122. The summed E-state index contributed by atoms with van der Waals surface area (Å²) in [5.41, 5.74) is 0.739. The van der Waals surface area contributed by atoms with E-state index in [0.717, 1.165) is 24.9 Å². The van der Waals surface area contributed by atoms with Gasteiger partial charge in [-0.25, -0.2) is 0 Å². The third-order valence-corrected chi connectivity index (χ3v) is 3.84. The van der Waals surface area contributed by atoms with Gasteiger partial charge in [-0.05, 0) is 19.3 Å². The highest BCUT2D eigenvalue weighted by atomic mass is 16.3. The zero-order valence-electron chi connectivity index (χ0n) is 12.2. The molecule has 6 heteroatoms. The smallest absolute Gasteiger partial charge is 0.241 e. The van der Waals surface area contributed by atoms with E-state index in [-0.39, 0.29) is 24.5 Å². The molecule has 1 unspecified atom stereocenters. The number of carbonyl (C=O) groups is 1. The van der Waals surface area contributed by atoms with E-state index in [1.807, 2.05) is 13.1 Å². The largest absolute Gasteiger partial charge is 0.396 e. The summed E-state index contributed by atoms with van der Waals surface area (Å²) in [6.07, 6.45) is 6.61. The molecule has 1 atom stereocenters. The molecule has 1 aromatic heterocycles. The average Bonchev–Trinajstić information content (AvgIpc) is 3.13. The summed E-state index contributed by atoms with van der Waals surface area (Å²) < 4.78 is 1.63. The predicted molar refractivity (Wildman–Crippen MR) is 77.4 cm³/mol. The molecule has 3 N–H and O–H groups in total. The molecule has 1 amide bonds. The van der Waals surface area contributed by atoms with E-state index in [1.54, 1.807) is 10.9 Å². The molecule has 1 heterocycles. The van der Waals surface area contributed by atoms with Crippen LogP contribution in [0.1, 0.15) is 33.1 Å². The fourth-order valence-electron chi connectivity index (χ4n) is 1.80. The van der Waals surface area contributed by atoms with Crippen molar-refractivity contribution >= 4 is 11.6 Å². The van der Waals surface area contributed by atoms with Gasteiger partial charge in [0.15, 0.2) is 0 Å². The fraction of sp³-hybridized carbons (Fsp3) is 0.714. The van der Waals surface area contributed by atoms with Crippen molar-refractivity contribution in [3.8, 4) is 0 Å². The highest BCUT2D eigenvalue weighted by molar-refractivity contribution is 5.76. The standard InChI is InChI=1S/C14H24N4O2/c1-3-14(2,10-19)9-15-12-6-16-18(7-12)8-13(20)17-11-4-5-11/h6-7,11,15,19H,3-5,8-10H2,1-2H3,(H,17,20). The van der Waals surface area contributed by atoms with Crippen LogP contribution in [-0.2, 0) is 11.3 Å². The van der Waals surface area contributed by atoms with Crippen LogP contribution in [0.4, 0.5) is 5.69 Å². The van der Waals surface area contributed by atoms with Gasteiger partial charge in [0, 0.05) is 24.2 Å². The molecule has 112 valence electrons. The molecular weight excluding hydrogens is 256 g/mol. The van der Waals surface area contributed by atoms with Crippen LogP contribution in [0.5, 0.6) is 0 Å². The first kappa shape index (κ1) is 14.8. The van der Waals surface area contributed by atoms with Gasteiger partial charge in [-0.1, -0.05) is 13.8 Å². The maximum atomic E-state index is 11.7. The molecule has 0 radical (unpaired) electrons. The Morgan fingerprint density at radius 1 is 1.60 bits per heavy atom. The van der Waals surface area contributed by atoms with Crippen LogP contribution in [0.15, 0.2) is 12.4 Å². The summed E-state index contributed by atoms with van der Waals surface area (Å²) in [5, 5.41) is 19.7. The van der Waals surface area contributed by atoms with Gasteiger partial charge in [0.25, 0.3) is 0 Å². The molecule has 1 aliphatic carbocycles. The van der Waals surface area contributed by atoms with Gasteiger partial charge in [-0.3, -0.25) is 9.48 Å². The van der Waals surface area contributed by atoms with Crippen molar-refractivity contribution in [3.05, 3.63) is 12.4 Å². The predicted octanol–water partition coefficient (Wildman–Crippen LogP) is 0.982. The number of aliphatic hydroxyl groups excluding tert-OH is 1. The maximum absolute atomic E-state index is 11.7. The Morgan fingerprint density at radius 3 is 2.95 bits per heavy atom. The monoisotopic (exact) mass is 280 g/mol. The Hall–Kier alpha value is -1.56. The first-order chi connectivity index (χ1) is 9.54. The van der Waals surface area contributed by atoms with E-state index in [1.165, 1.54) is 0 Å². The van der Waals surface area contributed by atoms with Crippen LogP contribution >= 0.6 is 0 Å². The van der Waals surface area contributed by atoms with Crippen LogP contribution in [-0.4, -0.2) is 40.0 Å². The van der Waals surface area contributed by atoms with Crippen LogP contribution in [0.25, 0.3) is 0 Å². The lowest BCUT2D eigenvalue weighted by Gasteiger charge is -2.25. The van der Waals surface area contributed by atoms with Crippen molar-refractivity contribution in [1.82, 2.24) is 15.1 Å². The Bertz CT molecular complexity index is 450. The summed E-state index contributed by atoms with van der Waals surface area (Å²) in [7, 11) is 0. The zero-order chi connectivity index (χ0) is 14.6. The Labute approximate surface area is 119 Å². The average molecular weight is 280 g/mol. The Kier molecular flexibility index (Phi) is 4.65. The van der Waals surface area contributed by atoms with Crippen molar-refractivity contribution in [2.45, 2.75) is 45.7 Å². The molecule has 20 heavy (non-hydrogen) atoms. The third-order valence-electron chi connectivity index (χ3n) is 3.84. The molecule has 1 saturated carbocycles. The third kappa shape index (κ3) is 4.23. The number of amides is 1. The number of aromatic nitrogens is 2. The minimum atomic E-state index is -0.133. The number of aliphatic hydroxyl groups is 1. The van der Waals surface area contributed by atoms with E-state index in [2.05, 4.69) is 22.7 Å². The first-order valence-corrected chi connectivity index (χ1v) is 7.21. The minimum absolute atomic E-state index is 0.0101. The molecule has 1 aromatic rings. The molecule has 0 aliphatic heterocycles. The van der Waals surface area contributed by atoms with Gasteiger partial charge in [-0.15, -0.1) is 0 Å². The summed E-state index contributed by atoms with van der Waals surface area (Å²) in [6, 6.07) is 0.380. The Balaban J connectivity index is 1.80. The van der Waals surface area contributed by atoms with Gasteiger partial charge < -0.3 is 15.7 Å². The van der Waals surface area contributed by atoms with E-state index in [4.69, 9.17) is 0 Å². The van der Waals surface area contributed by atoms with Crippen molar-refractivity contribution in [1.29, 1.82) is 0 Å². The maximum Gasteiger partial charge on any atom is 0.241 e. The van der Waals surface area contributed by atoms with Crippen molar-refractivity contribution in [2.75, 3.05) is 18.5 Å². The second-order valence-corrected chi connectivity index (χ2v) is 5.94. The topological polar surface area (TPSA) is 79.2 Å². The summed E-state index contributed by atoms with van der Waals surface area (Å²) in [6.45, 7) is 5.18. The summed E-state index contributed by atoms with van der Waals surface area (Å²) in [5.74, 6) is 0.0101. The van der Waals surface area contributed by atoms with E-state index >= 15 is 0 Å². The second kappa shape index (κ2) is 6.26. The van der Waals surface area contributed by atoms with Gasteiger partial charge in [0.2, 0.25) is 5.91 Å². The van der Waals surface area contributed by atoms with Crippen LogP contribution in [0, 0.1) is 5.41 Å². The van der Waals surface area contributed by atoms with Crippen LogP contribution < -0.4 is 10.6 Å². The molecule has 1 aliphatic rings. The molecule has 0 spiro atoms. The molecule has 1 fully saturated rings. The number of hydrogen-bond acceptors (Lipinski definition) is 4. The van der Waals surface area contributed by atoms with Crippen LogP contribution in [0.2, 0.25) is 0 Å². The number of anilines is 1. The highest BCUT2D eigenvalue weighted by Crippen LogP contribution is 2.21.